The number of thiocarbonyl (C=S) groups is 1. The number of esters is 1. The summed E-state index contributed by atoms with van der Waals surface area (Å²) in [5.74, 6) is -0.0888. The lowest BCUT2D eigenvalue weighted by atomic mass is 9.95. The molecule has 0 amide bonds. The van der Waals surface area contributed by atoms with Gasteiger partial charge in [0, 0.05) is 5.70 Å². The van der Waals surface area contributed by atoms with Gasteiger partial charge in [-0.1, -0.05) is 0 Å². The molecule has 130 valence electrons. The molecule has 0 spiro atoms. The van der Waals surface area contributed by atoms with Crippen molar-refractivity contribution in [3.8, 4) is 11.5 Å². The number of carbonyl (C=O) groups excluding carboxylic acids is 1. The Morgan fingerprint density at radius 2 is 2.08 bits per heavy atom. The molecule has 0 bridgehead atoms. The Bertz CT molecular complexity index is 706. The number of hydrogen-bond donors (Lipinski definition) is 3. The van der Waals surface area contributed by atoms with Gasteiger partial charge >= 0.3 is 5.97 Å². The second-order valence-corrected chi connectivity index (χ2v) is 6.34. The van der Waals surface area contributed by atoms with Gasteiger partial charge in [-0.25, -0.2) is 4.79 Å². The largest absolute Gasteiger partial charge is 0.503 e. The van der Waals surface area contributed by atoms with Gasteiger partial charge in [0.1, 0.15) is 0 Å². The number of phenolic OH excluding ortho intramolecular Hbond substituents is 1. The number of halogens is 1. The lowest BCUT2D eigenvalue weighted by molar-refractivity contribution is -0.139. The highest BCUT2D eigenvalue weighted by Crippen LogP contribution is 2.39. The highest BCUT2D eigenvalue weighted by Gasteiger charge is 2.31. The molecule has 0 saturated carbocycles. The van der Waals surface area contributed by atoms with Crippen LogP contribution in [-0.2, 0) is 9.53 Å². The summed E-state index contributed by atoms with van der Waals surface area (Å²) < 4.78 is 11.1. The Kier molecular flexibility index (Phi) is 6.06. The zero-order chi connectivity index (χ0) is 17.9. The first-order chi connectivity index (χ1) is 11.4. The van der Waals surface area contributed by atoms with Gasteiger partial charge in [-0.2, -0.15) is 0 Å². The maximum Gasteiger partial charge on any atom is 0.338 e. The van der Waals surface area contributed by atoms with Crippen LogP contribution in [0.4, 0.5) is 0 Å². The van der Waals surface area contributed by atoms with E-state index in [1.54, 1.807) is 26.0 Å². The Hall–Kier alpha value is -1.80. The fourth-order valence-electron chi connectivity index (χ4n) is 2.45. The quantitative estimate of drug-likeness (QED) is 0.504. The van der Waals surface area contributed by atoms with Crippen LogP contribution in [0, 0.1) is 0 Å². The maximum atomic E-state index is 12.4. The van der Waals surface area contributed by atoms with Crippen LogP contribution in [0.25, 0.3) is 0 Å². The van der Waals surface area contributed by atoms with E-state index in [-0.39, 0.29) is 12.4 Å². The highest BCUT2D eigenvalue weighted by atomic mass is 79.9. The van der Waals surface area contributed by atoms with Gasteiger partial charge in [-0.05, 0) is 66.6 Å². The van der Waals surface area contributed by atoms with Crippen molar-refractivity contribution in [3.63, 3.8) is 0 Å². The van der Waals surface area contributed by atoms with E-state index >= 15 is 0 Å². The average molecular weight is 415 g/mol. The molecule has 24 heavy (non-hydrogen) atoms. The minimum atomic E-state index is -0.506. The van der Waals surface area contributed by atoms with Crippen LogP contribution in [0.2, 0.25) is 0 Å². The van der Waals surface area contributed by atoms with E-state index in [1.807, 2.05) is 6.92 Å². The van der Waals surface area contributed by atoms with Gasteiger partial charge in [0.2, 0.25) is 0 Å². The molecule has 0 fully saturated rings. The van der Waals surface area contributed by atoms with Crippen molar-refractivity contribution >= 4 is 39.2 Å². The molecule has 0 aromatic heterocycles. The van der Waals surface area contributed by atoms with Crippen molar-refractivity contribution in [1.29, 1.82) is 0 Å². The Labute approximate surface area is 154 Å². The molecule has 0 saturated heterocycles. The van der Waals surface area contributed by atoms with E-state index in [0.29, 0.717) is 33.2 Å². The summed E-state index contributed by atoms with van der Waals surface area (Å²) in [4.78, 5) is 12.4. The number of benzene rings is 1. The zero-order valence-corrected chi connectivity index (χ0v) is 16.0. The summed E-state index contributed by atoms with van der Waals surface area (Å²) in [6, 6.07) is 2.89. The van der Waals surface area contributed by atoms with Crippen LogP contribution < -0.4 is 15.4 Å². The molecule has 2 rings (SSSR count). The fourth-order valence-corrected chi connectivity index (χ4v) is 3.18. The van der Waals surface area contributed by atoms with E-state index in [0.717, 1.165) is 5.56 Å². The summed E-state index contributed by atoms with van der Waals surface area (Å²) in [5, 5.41) is 16.5. The van der Waals surface area contributed by atoms with Gasteiger partial charge in [0.25, 0.3) is 0 Å². The van der Waals surface area contributed by atoms with Crippen LogP contribution in [-0.4, -0.2) is 29.4 Å². The van der Waals surface area contributed by atoms with Crippen molar-refractivity contribution in [2.75, 3.05) is 13.2 Å². The molecule has 1 atom stereocenters. The molecule has 1 aromatic rings. The molecule has 1 aliphatic rings. The number of rotatable bonds is 5. The topological polar surface area (TPSA) is 79.8 Å². The molecule has 0 aliphatic carbocycles. The molecule has 8 heteroatoms. The van der Waals surface area contributed by atoms with E-state index in [4.69, 9.17) is 21.7 Å². The summed E-state index contributed by atoms with van der Waals surface area (Å²) in [6.45, 7) is 6.02. The third-order valence-electron chi connectivity index (χ3n) is 3.45. The number of hydrogen-bond acceptors (Lipinski definition) is 5. The molecule has 1 aliphatic heterocycles. The zero-order valence-electron chi connectivity index (χ0n) is 13.6. The first kappa shape index (κ1) is 18.5. The van der Waals surface area contributed by atoms with Crippen LogP contribution in [0.1, 0.15) is 32.4 Å². The van der Waals surface area contributed by atoms with Crippen molar-refractivity contribution in [3.05, 3.63) is 33.4 Å². The Balaban J connectivity index is 2.53. The van der Waals surface area contributed by atoms with Gasteiger partial charge in [0.15, 0.2) is 16.6 Å². The SMILES string of the molecule is CCOC(=O)C1=C(C)NC(=S)N[C@@H]1c1cc(Br)c(O)c(OCC)c1. The fraction of sp³-hybridized carbons (Fsp3) is 0.375. The summed E-state index contributed by atoms with van der Waals surface area (Å²) in [5.41, 5.74) is 1.78. The van der Waals surface area contributed by atoms with Crippen molar-refractivity contribution in [2.45, 2.75) is 26.8 Å². The standard InChI is InChI=1S/C16H19BrN2O4S/c1-4-22-11-7-9(6-10(17)14(11)20)13-12(15(21)23-5-2)8(3)18-16(24)19-13/h6-7,13,20H,4-5H2,1-3H3,(H2,18,19,24)/t13-/m1/s1. The summed E-state index contributed by atoms with van der Waals surface area (Å²) in [7, 11) is 0. The van der Waals surface area contributed by atoms with E-state index in [2.05, 4.69) is 26.6 Å². The lowest BCUT2D eigenvalue weighted by Crippen LogP contribution is -2.45. The van der Waals surface area contributed by atoms with Crippen LogP contribution in [0.5, 0.6) is 11.5 Å². The number of carbonyl (C=O) groups is 1. The third kappa shape index (κ3) is 3.81. The average Bonchev–Trinajstić information content (AvgIpc) is 2.51. The highest BCUT2D eigenvalue weighted by molar-refractivity contribution is 9.10. The third-order valence-corrected chi connectivity index (χ3v) is 4.27. The monoisotopic (exact) mass is 414 g/mol. The van der Waals surface area contributed by atoms with Gasteiger partial charge in [0.05, 0.1) is 29.3 Å². The van der Waals surface area contributed by atoms with Crippen LogP contribution in [0.3, 0.4) is 0 Å². The van der Waals surface area contributed by atoms with Gasteiger partial charge in [-0.15, -0.1) is 0 Å². The minimum absolute atomic E-state index is 0.00972. The normalized spacial score (nSPS) is 17.2. The molecule has 6 nitrogen and oxygen atoms in total. The summed E-state index contributed by atoms with van der Waals surface area (Å²) >= 11 is 8.52. The van der Waals surface area contributed by atoms with Crippen LogP contribution >= 0.6 is 28.1 Å². The number of aromatic hydroxyl groups is 1. The molecule has 1 aromatic carbocycles. The molecule has 0 radical (unpaired) electrons. The number of allylic oxidation sites excluding steroid dienone is 1. The van der Waals surface area contributed by atoms with E-state index in [1.165, 1.54) is 0 Å². The first-order valence-corrected chi connectivity index (χ1v) is 8.69. The van der Waals surface area contributed by atoms with Crippen molar-refractivity contribution < 1.29 is 19.4 Å². The molecular weight excluding hydrogens is 396 g/mol. The molecule has 3 N–H and O–H groups in total. The molecule has 1 heterocycles. The Morgan fingerprint density at radius 3 is 2.71 bits per heavy atom. The van der Waals surface area contributed by atoms with Gasteiger partial charge < -0.3 is 25.2 Å². The van der Waals surface area contributed by atoms with Crippen molar-refractivity contribution in [2.24, 2.45) is 0 Å². The Morgan fingerprint density at radius 1 is 1.38 bits per heavy atom. The number of nitrogens with one attached hydrogen (secondary N) is 2. The van der Waals surface area contributed by atoms with Crippen molar-refractivity contribution in [1.82, 2.24) is 10.6 Å². The van der Waals surface area contributed by atoms with E-state index < -0.39 is 12.0 Å². The predicted octanol–water partition coefficient (Wildman–Crippen LogP) is 2.91. The van der Waals surface area contributed by atoms with E-state index in [9.17, 15) is 9.90 Å². The molecular formula is C16H19BrN2O4S. The number of ether oxygens (including phenoxy) is 2. The maximum absolute atomic E-state index is 12.4. The molecule has 0 unspecified atom stereocenters. The number of phenols is 1. The lowest BCUT2D eigenvalue weighted by Gasteiger charge is -2.30. The smallest absolute Gasteiger partial charge is 0.338 e. The minimum Gasteiger partial charge on any atom is -0.503 e. The van der Waals surface area contributed by atoms with Gasteiger partial charge in [-0.3, -0.25) is 0 Å². The summed E-state index contributed by atoms with van der Waals surface area (Å²) in [6.07, 6.45) is 0. The predicted molar refractivity (Wildman–Crippen MR) is 97.9 cm³/mol. The van der Waals surface area contributed by atoms with Crippen LogP contribution in [0.15, 0.2) is 27.9 Å². The second-order valence-electron chi connectivity index (χ2n) is 5.07. The second kappa shape index (κ2) is 7.85. The first-order valence-electron chi connectivity index (χ1n) is 7.49.